The van der Waals surface area contributed by atoms with Crippen LogP contribution in [0.1, 0.15) is 30.7 Å². The molecule has 2 N–H and O–H groups in total. The molecule has 6 rings (SSSR count). The van der Waals surface area contributed by atoms with Crippen LogP contribution in [0.3, 0.4) is 0 Å². The van der Waals surface area contributed by atoms with Crippen molar-refractivity contribution in [1.29, 1.82) is 0 Å². The maximum Gasteiger partial charge on any atom is 0.353 e. The molecule has 2 aliphatic rings. The maximum atomic E-state index is 12.8. The summed E-state index contributed by atoms with van der Waals surface area (Å²) in [5.74, 6) is -2.22. The molecule has 0 aliphatic carbocycles. The second kappa shape index (κ2) is 9.64. The number of carbonyl (C=O) groups is 2. The number of hydrogen-bond acceptors (Lipinski definition) is 6. The highest BCUT2D eigenvalue weighted by Crippen LogP contribution is 2.51. The smallest absolute Gasteiger partial charge is 0.353 e. The van der Waals surface area contributed by atoms with E-state index in [4.69, 9.17) is 0 Å². The second-order valence-electron chi connectivity index (χ2n) is 9.89. The Morgan fingerprint density at radius 2 is 2.03 bits per heavy atom. The van der Waals surface area contributed by atoms with E-state index in [9.17, 15) is 19.8 Å². The number of carboxylic acid groups (broad SMARTS) is 1. The fraction of sp³-hybridized carbons (Fsp3) is 0.333. The molecule has 0 saturated carbocycles. The van der Waals surface area contributed by atoms with Crippen molar-refractivity contribution in [2.24, 2.45) is 11.8 Å². The third kappa shape index (κ3) is 3.91. The summed E-state index contributed by atoms with van der Waals surface area (Å²) in [6.07, 6.45) is 5.34. The Kier molecular flexibility index (Phi) is 6.42. The highest BCUT2D eigenvalue weighted by Gasteiger charge is 2.60. The van der Waals surface area contributed by atoms with Crippen molar-refractivity contribution >= 4 is 56.7 Å². The van der Waals surface area contributed by atoms with Gasteiger partial charge in [0.15, 0.2) is 12.7 Å². The molecule has 1 fully saturated rings. The number of thioether (sulfide) groups is 1. The average Bonchev–Trinajstić information content (AvgIpc) is 3.63. The maximum absolute atomic E-state index is 12.8. The Labute approximate surface area is 232 Å². The number of carbonyl (C=O) groups excluding carboxylic acids is 1. The predicted molar refractivity (Wildman–Crippen MR) is 146 cm³/mol. The number of hydrogen-bond donors (Lipinski definition) is 2. The van der Waals surface area contributed by atoms with Gasteiger partial charge in [-0.25, -0.2) is 9.36 Å². The van der Waals surface area contributed by atoms with E-state index in [1.54, 1.807) is 41.4 Å². The van der Waals surface area contributed by atoms with Gasteiger partial charge >= 0.3 is 5.97 Å². The van der Waals surface area contributed by atoms with Crippen molar-refractivity contribution < 1.29 is 28.9 Å². The number of fused-ring (bicyclic) bond motifs is 2. The summed E-state index contributed by atoms with van der Waals surface area (Å²) < 4.78 is 6.43. The van der Waals surface area contributed by atoms with Crippen molar-refractivity contribution in [3.63, 3.8) is 0 Å². The largest absolute Gasteiger partial charge is 0.477 e. The Balaban J connectivity index is 1.38. The lowest BCUT2D eigenvalue weighted by Crippen LogP contribution is -2.63. The number of imidazole rings is 1. The SMILES string of the molecule is CSc1c2scc(C3=C(C(=O)O)N4C(=O)[C@H]([C@@H](C)O)[C@H]4[C@H]3C)n2c[n+]1Cc1cccc(C[n+]2ccsc2)c1. The molecule has 2 aliphatic heterocycles. The van der Waals surface area contributed by atoms with Crippen molar-refractivity contribution in [2.45, 2.75) is 44.1 Å². The van der Waals surface area contributed by atoms with Crippen LogP contribution in [-0.4, -0.2) is 49.8 Å². The van der Waals surface area contributed by atoms with E-state index in [2.05, 4.69) is 54.9 Å². The van der Waals surface area contributed by atoms with E-state index in [0.29, 0.717) is 12.1 Å². The molecule has 3 aromatic heterocycles. The lowest BCUT2D eigenvalue weighted by molar-refractivity contribution is -0.721. The Hall–Kier alpha value is -2.99. The minimum absolute atomic E-state index is 0.0358. The zero-order valence-corrected chi connectivity index (χ0v) is 23.6. The van der Waals surface area contributed by atoms with Crippen molar-refractivity contribution in [2.75, 3.05) is 6.26 Å². The van der Waals surface area contributed by atoms with Gasteiger partial charge in [0.25, 0.3) is 6.33 Å². The van der Waals surface area contributed by atoms with Gasteiger partial charge in [0, 0.05) is 22.4 Å². The van der Waals surface area contributed by atoms with Gasteiger partial charge in [-0.2, -0.15) is 8.97 Å². The quantitative estimate of drug-likeness (QED) is 0.194. The molecule has 4 aromatic rings. The van der Waals surface area contributed by atoms with Crippen LogP contribution in [0.2, 0.25) is 0 Å². The molecule has 0 spiro atoms. The second-order valence-corrected chi connectivity index (χ2v) is 12.3. The highest BCUT2D eigenvalue weighted by atomic mass is 32.2. The molecule has 38 heavy (non-hydrogen) atoms. The van der Waals surface area contributed by atoms with E-state index < -0.39 is 18.0 Å². The molecular weight excluding hydrogens is 541 g/mol. The van der Waals surface area contributed by atoms with Crippen LogP contribution in [0.5, 0.6) is 0 Å². The minimum Gasteiger partial charge on any atom is -0.477 e. The number of thiazole rings is 2. The number of aliphatic carboxylic acids is 1. The van der Waals surface area contributed by atoms with Gasteiger partial charge in [-0.15, -0.1) is 0 Å². The number of aromatic nitrogens is 3. The van der Waals surface area contributed by atoms with Gasteiger partial charge in [-0.1, -0.05) is 59.6 Å². The van der Waals surface area contributed by atoms with Crippen LogP contribution < -0.4 is 9.13 Å². The molecule has 196 valence electrons. The number of aliphatic hydroxyl groups is 1. The summed E-state index contributed by atoms with van der Waals surface area (Å²) in [5.41, 5.74) is 5.99. The summed E-state index contributed by atoms with van der Waals surface area (Å²) in [6.45, 7) is 5.06. The van der Waals surface area contributed by atoms with E-state index in [1.165, 1.54) is 16.0 Å². The molecule has 0 radical (unpaired) electrons. The van der Waals surface area contributed by atoms with Gasteiger partial charge in [0.2, 0.25) is 21.3 Å². The fourth-order valence-electron chi connectivity index (χ4n) is 5.92. The summed E-state index contributed by atoms with van der Waals surface area (Å²) in [6, 6.07) is 8.24. The van der Waals surface area contributed by atoms with Crippen LogP contribution in [0.4, 0.5) is 0 Å². The molecule has 1 saturated heterocycles. The van der Waals surface area contributed by atoms with Crippen LogP contribution in [0.15, 0.2) is 63.8 Å². The average molecular weight is 569 g/mol. The Morgan fingerprint density at radius 3 is 2.68 bits per heavy atom. The molecule has 1 aromatic carbocycles. The number of carboxylic acids is 1. The lowest BCUT2D eigenvalue weighted by Gasteiger charge is -2.46. The molecule has 4 atom stereocenters. The first-order chi connectivity index (χ1) is 18.3. The van der Waals surface area contributed by atoms with E-state index in [0.717, 1.165) is 22.1 Å². The number of rotatable bonds is 8. The van der Waals surface area contributed by atoms with Crippen LogP contribution in [-0.2, 0) is 22.7 Å². The number of benzene rings is 1. The monoisotopic (exact) mass is 568 g/mol. The number of β-lactam (4-membered cyclic amide) rings is 1. The van der Waals surface area contributed by atoms with Crippen molar-refractivity contribution in [3.05, 3.63) is 75.6 Å². The van der Waals surface area contributed by atoms with Crippen molar-refractivity contribution in [1.82, 2.24) is 9.30 Å². The lowest BCUT2D eigenvalue weighted by atomic mass is 9.77. The topological polar surface area (TPSA) is 90.0 Å². The van der Waals surface area contributed by atoms with E-state index in [1.807, 2.05) is 24.9 Å². The van der Waals surface area contributed by atoms with E-state index >= 15 is 0 Å². The van der Waals surface area contributed by atoms with Crippen LogP contribution in [0, 0.1) is 11.8 Å². The number of aliphatic hydroxyl groups excluding tert-OH is 1. The standard InChI is InChI=1S/C27H27N4O4S3/c1-15-20(23(27(34)35)31-22(15)21(16(2)32)24(31)33)19-12-38-26-25(36-3)29(13-30(19)26)11-18-6-4-5-17(9-18)10-28-7-8-37-14-28/h4-9,12-16,21-22,32H,10-11H2,1-3H3/q+1/p+1/t15-,16+,21+,22+/m0/s1. The highest BCUT2D eigenvalue weighted by molar-refractivity contribution is 7.98. The molecule has 0 bridgehead atoms. The summed E-state index contributed by atoms with van der Waals surface area (Å²) in [7, 11) is 0. The minimum atomic E-state index is -1.11. The number of nitrogens with zero attached hydrogens (tertiary/aromatic N) is 4. The summed E-state index contributed by atoms with van der Waals surface area (Å²) in [4.78, 5) is 27.6. The third-order valence-electron chi connectivity index (χ3n) is 7.54. The third-order valence-corrected chi connectivity index (χ3v) is 10.1. The first-order valence-corrected chi connectivity index (χ1v) is 15.4. The van der Waals surface area contributed by atoms with Gasteiger partial charge in [0.1, 0.15) is 17.9 Å². The fourth-order valence-corrected chi connectivity index (χ4v) is 8.47. The molecule has 5 heterocycles. The number of amides is 1. The van der Waals surface area contributed by atoms with E-state index in [-0.39, 0.29) is 23.6 Å². The zero-order valence-electron chi connectivity index (χ0n) is 21.1. The van der Waals surface area contributed by atoms with Gasteiger partial charge in [0.05, 0.1) is 23.4 Å². The van der Waals surface area contributed by atoms with Crippen LogP contribution in [0.25, 0.3) is 10.4 Å². The molecule has 11 heteroatoms. The van der Waals surface area contributed by atoms with Crippen LogP contribution >= 0.6 is 34.4 Å². The zero-order chi connectivity index (χ0) is 26.7. The molecular formula is C27H28N4O4S3+2. The summed E-state index contributed by atoms with van der Waals surface area (Å²) >= 11 is 4.91. The molecule has 1 amide bonds. The molecule has 8 nitrogen and oxygen atoms in total. The van der Waals surface area contributed by atoms with Gasteiger partial charge < -0.3 is 15.1 Å². The normalized spacial score (nSPS) is 21.7. The summed E-state index contributed by atoms with van der Waals surface area (Å²) in [5, 5.41) is 25.5. The Morgan fingerprint density at radius 1 is 1.26 bits per heavy atom. The van der Waals surface area contributed by atoms with Gasteiger partial charge in [-0.3, -0.25) is 4.79 Å². The Bertz CT molecular complexity index is 1590. The van der Waals surface area contributed by atoms with Gasteiger partial charge in [-0.05, 0) is 24.8 Å². The molecule has 0 unspecified atom stereocenters. The first-order valence-electron chi connectivity index (χ1n) is 12.3. The van der Waals surface area contributed by atoms with Crippen molar-refractivity contribution in [3.8, 4) is 0 Å². The predicted octanol–water partition coefficient (Wildman–Crippen LogP) is 3.11. The first kappa shape index (κ1) is 25.3.